The normalized spacial score (nSPS) is 13.0. The summed E-state index contributed by atoms with van der Waals surface area (Å²) in [5.74, 6) is -0.546. The summed E-state index contributed by atoms with van der Waals surface area (Å²) in [6, 6.07) is 6.77. The van der Waals surface area contributed by atoms with Crippen LogP contribution in [0.2, 0.25) is 0 Å². The van der Waals surface area contributed by atoms with E-state index >= 15 is 0 Å². The molecule has 126 valence electrons. The molecule has 0 spiro atoms. The van der Waals surface area contributed by atoms with Crippen molar-refractivity contribution in [3.05, 3.63) is 46.5 Å². The summed E-state index contributed by atoms with van der Waals surface area (Å²) < 4.78 is 5.52. The Morgan fingerprint density at radius 1 is 1.29 bits per heavy atom. The third kappa shape index (κ3) is 2.50. The van der Waals surface area contributed by atoms with Crippen molar-refractivity contribution in [3.8, 4) is 17.2 Å². The number of hydrogen-bond acceptors (Lipinski definition) is 5. The molecular formula is C18H20N2O4. The van der Waals surface area contributed by atoms with Crippen molar-refractivity contribution in [3.63, 3.8) is 0 Å². The first kappa shape index (κ1) is 16.0. The molecule has 0 saturated carbocycles. The number of benzene rings is 2. The Morgan fingerprint density at radius 3 is 2.71 bits per heavy atom. The van der Waals surface area contributed by atoms with Crippen molar-refractivity contribution in [1.82, 2.24) is 4.90 Å². The standard InChI is InChI=1S/C18H20N2O4/c1-3-24-17-10(2)14(21)7-15(22)16(17)18(23)20-8-11-5-4-6-13(19)12(11)9-20/h4-7,21-22H,3,8-9,19H2,1-2H3. The maximum Gasteiger partial charge on any atom is 0.262 e. The maximum absolute atomic E-state index is 13.0. The second-order valence-corrected chi connectivity index (χ2v) is 5.82. The van der Waals surface area contributed by atoms with Crippen molar-refractivity contribution in [1.29, 1.82) is 0 Å². The molecule has 1 aliphatic rings. The third-order valence-corrected chi connectivity index (χ3v) is 4.29. The van der Waals surface area contributed by atoms with Crippen molar-refractivity contribution >= 4 is 11.6 Å². The number of phenols is 2. The number of nitrogens with two attached hydrogens (primary N) is 1. The average Bonchev–Trinajstić information content (AvgIpc) is 2.98. The van der Waals surface area contributed by atoms with Crippen LogP contribution in [0.5, 0.6) is 17.2 Å². The number of fused-ring (bicyclic) bond motifs is 1. The van der Waals surface area contributed by atoms with E-state index in [-0.39, 0.29) is 28.7 Å². The Labute approximate surface area is 140 Å². The zero-order valence-electron chi connectivity index (χ0n) is 13.7. The van der Waals surface area contributed by atoms with Crippen LogP contribution in [0.1, 0.15) is 34.0 Å². The SMILES string of the molecule is CCOc1c(C)c(O)cc(O)c1C(=O)N1Cc2cccc(N)c2C1. The number of nitrogens with zero attached hydrogens (tertiary/aromatic N) is 1. The Kier molecular flexibility index (Phi) is 3.97. The predicted octanol–water partition coefficient (Wildman–Crippen LogP) is 2.54. The fourth-order valence-corrected chi connectivity index (χ4v) is 3.01. The Morgan fingerprint density at radius 2 is 2.04 bits per heavy atom. The van der Waals surface area contributed by atoms with Gasteiger partial charge in [0.2, 0.25) is 0 Å². The first-order valence-electron chi connectivity index (χ1n) is 7.77. The van der Waals surface area contributed by atoms with E-state index in [0.717, 1.165) is 11.1 Å². The fourth-order valence-electron chi connectivity index (χ4n) is 3.01. The summed E-state index contributed by atoms with van der Waals surface area (Å²) in [7, 11) is 0. The van der Waals surface area contributed by atoms with Gasteiger partial charge >= 0.3 is 0 Å². The minimum Gasteiger partial charge on any atom is -0.507 e. The summed E-state index contributed by atoms with van der Waals surface area (Å²) in [5, 5.41) is 20.1. The van der Waals surface area contributed by atoms with Gasteiger partial charge in [0.25, 0.3) is 5.91 Å². The number of carbonyl (C=O) groups is 1. The number of anilines is 1. The zero-order valence-corrected chi connectivity index (χ0v) is 13.7. The van der Waals surface area contributed by atoms with E-state index < -0.39 is 0 Å². The van der Waals surface area contributed by atoms with Gasteiger partial charge in [-0.1, -0.05) is 12.1 Å². The first-order valence-corrected chi connectivity index (χ1v) is 7.77. The van der Waals surface area contributed by atoms with Crippen molar-refractivity contribution < 1.29 is 19.7 Å². The van der Waals surface area contributed by atoms with Gasteiger partial charge in [-0.25, -0.2) is 0 Å². The topological polar surface area (TPSA) is 96.0 Å². The van der Waals surface area contributed by atoms with E-state index in [1.54, 1.807) is 24.8 Å². The van der Waals surface area contributed by atoms with Gasteiger partial charge in [-0.2, -0.15) is 0 Å². The quantitative estimate of drug-likeness (QED) is 0.753. The summed E-state index contributed by atoms with van der Waals surface area (Å²) in [6.07, 6.45) is 0. The molecule has 2 aromatic carbocycles. The van der Waals surface area contributed by atoms with E-state index in [2.05, 4.69) is 0 Å². The molecule has 24 heavy (non-hydrogen) atoms. The number of hydrogen-bond donors (Lipinski definition) is 3. The Bertz CT molecular complexity index is 817. The smallest absolute Gasteiger partial charge is 0.262 e. The molecule has 0 unspecified atom stereocenters. The van der Waals surface area contributed by atoms with E-state index in [9.17, 15) is 15.0 Å². The highest BCUT2D eigenvalue weighted by molar-refractivity contribution is 6.00. The number of carbonyl (C=O) groups excluding carboxylic acids is 1. The van der Waals surface area contributed by atoms with Gasteiger partial charge in [0.1, 0.15) is 22.8 Å². The summed E-state index contributed by atoms with van der Waals surface area (Å²) in [5.41, 5.74) is 9.05. The summed E-state index contributed by atoms with van der Waals surface area (Å²) >= 11 is 0. The van der Waals surface area contributed by atoms with Crippen LogP contribution >= 0.6 is 0 Å². The molecule has 6 nitrogen and oxygen atoms in total. The highest BCUT2D eigenvalue weighted by Crippen LogP contribution is 2.40. The van der Waals surface area contributed by atoms with Crippen LogP contribution in [0, 0.1) is 6.92 Å². The van der Waals surface area contributed by atoms with Gasteiger partial charge in [-0.3, -0.25) is 4.79 Å². The van der Waals surface area contributed by atoms with E-state index in [1.807, 2.05) is 12.1 Å². The lowest BCUT2D eigenvalue weighted by Gasteiger charge is -2.20. The van der Waals surface area contributed by atoms with Crippen LogP contribution in [0.25, 0.3) is 0 Å². The van der Waals surface area contributed by atoms with E-state index in [4.69, 9.17) is 10.5 Å². The Hall–Kier alpha value is -2.89. The third-order valence-electron chi connectivity index (χ3n) is 4.29. The van der Waals surface area contributed by atoms with Crippen LogP contribution in [-0.4, -0.2) is 27.6 Å². The number of rotatable bonds is 3. The largest absolute Gasteiger partial charge is 0.507 e. The number of phenolic OH excluding ortho intramolecular Hbond substituents is 2. The molecule has 2 aromatic rings. The first-order chi connectivity index (χ1) is 11.4. The van der Waals surface area contributed by atoms with Gasteiger partial charge in [0, 0.05) is 30.4 Å². The molecular weight excluding hydrogens is 308 g/mol. The lowest BCUT2D eigenvalue weighted by Crippen LogP contribution is -2.26. The molecule has 0 bridgehead atoms. The van der Waals surface area contributed by atoms with Crippen LogP contribution in [0.15, 0.2) is 24.3 Å². The number of amides is 1. The summed E-state index contributed by atoms with van der Waals surface area (Å²) in [6.45, 7) is 4.54. The minimum atomic E-state index is -0.352. The molecule has 0 aliphatic carbocycles. The minimum absolute atomic E-state index is 0.0681. The van der Waals surface area contributed by atoms with Gasteiger partial charge in [0.15, 0.2) is 0 Å². The molecule has 1 aliphatic heterocycles. The van der Waals surface area contributed by atoms with Gasteiger partial charge in [-0.15, -0.1) is 0 Å². The number of nitrogen functional groups attached to an aromatic ring is 1. The highest BCUT2D eigenvalue weighted by atomic mass is 16.5. The second kappa shape index (κ2) is 5.96. The van der Waals surface area contributed by atoms with Crippen LogP contribution < -0.4 is 10.5 Å². The van der Waals surface area contributed by atoms with Crippen LogP contribution in [0.3, 0.4) is 0 Å². The maximum atomic E-state index is 13.0. The fraction of sp³-hybridized carbons (Fsp3) is 0.278. The molecule has 6 heteroatoms. The molecule has 0 atom stereocenters. The molecule has 0 aromatic heterocycles. The molecule has 0 radical (unpaired) electrons. The summed E-state index contributed by atoms with van der Waals surface area (Å²) in [4.78, 5) is 14.6. The average molecular weight is 328 g/mol. The van der Waals surface area contributed by atoms with Gasteiger partial charge in [-0.05, 0) is 31.0 Å². The van der Waals surface area contributed by atoms with Gasteiger partial charge in [0.05, 0.1) is 6.61 Å². The van der Waals surface area contributed by atoms with E-state index in [0.29, 0.717) is 30.9 Å². The van der Waals surface area contributed by atoms with Crippen molar-refractivity contribution in [2.75, 3.05) is 12.3 Å². The van der Waals surface area contributed by atoms with E-state index in [1.165, 1.54) is 6.07 Å². The van der Waals surface area contributed by atoms with Crippen molar-refractivity contribution in [2.45, 2.75) is 26.9 Å². The number of aromatic hydroxyl groups is 2. The molecule has 1 heterocycles. The molecule has 1 amide bonds. The molecule has 0 saturated heterocycles. The van der Waals surface area contributed by atoms with Gasteiger partial charge < -0.3 is 25.6 Å². The molecule has 4 N–H and O–H groups in total. The second-order valence-electron chi connectivity index (χ2n) is 5.82. The van der Waals surface area contributed by atoms with Crippen molar-refractivity contribution in [2.24, 2.45) is 0 Å². The number of ether oxygens (including phenoxy) is 1. The Balaban J connectivity index is 2.00. The predicted molar refractivity (Wildman–Crippen MR) is 90.1 cm³/mol. The monoisotopic (exact) mass is 328 g/mol. The molecule has 3 rings (SSSR count). The lowest BCUT2D eigenvalue weighted by atomic mass is 10.1. The lowest BCUT2D eigenvalue weighted by molar-refractivity contribution is 0.0744. The van der Waals surface area contributed by atoms with Crippen LogP contribution in [0.4, 0.5) is 5.69 Å². The van der Waals surface area contributed by atoms with Crippen LogP contribution in [-0.2, 0) is 13.1 Å². The zero-order chi connectivity index (χ0) is 17.4. The highest BCUT2D eigenvalue weighted by Gasteiger charge is 2.31. The molecule has 0 fully saturated rings.